The van der Waals surface area contributed by atoms with Crippen LogP contribution in [0.25, 0.3) is 0 Å². The van der Waals surface area contributed by atoms with Gasteiger partial charge in [-0.3, -0.25) is 4.79 Å². The molecule has 2 heterocycles. The number of ether oxygens (including phenoxy) is 1. The van der Waals surface area contributed by atoms with E-state index in [1.807, 2.05) is 6.92 Å². The first-order chi connectivity index (χ1) is 12.3. The highest BCUT2D eigenvalue weighted by Crippen LogP contribution is 2.16. The molecule has 0 saturated carbocycles. The molecule has 1 amide bonds. The molecule has 1 fully saturated rings. The minimum atomic E-state index is -1.24. The van der Waals surface area contributed by atoms with E-state index in [9.17, 15) is 14.0 Å². The first-order valence-electron chi connectivity index (χ1n) is 8.17. The summed E-state index contributed by atoms with van der Waals surface area (Å²) in [5.74, 6) is -1.16. The van der Waals surface area contributed by atoms with E-state index in [-0.39, 0.29) is 23.8 Å². The van der Waals surface area contributed by atoms with Crippen LogP contribution < -0.4 is 0 Å². The summed E-state index contributed by atoms with van der Waals surface area (Å²) in [4.78, 5) is 29.2. The number of aromatic carboxylic acids is 1. The number of aryl methyl sites for hydroxylation is 2. The SMILES string of the molecule is Cc1nc(C)n(CC2CN(C(=O)c3ccc(C(=O)O)cc3F)CCO2)n1. The highest BCUT2D eigenvalue weighted by molar-refractivity contribution is 5.96. The number of benzene rings is 1. The number of hydrogen-bond donors (Lipinski definition) is 1. The van der Waals surface area contributed by atoms with Crippen molar-refractivity contribution in [1.82, 2.24) is 19.7 Å². The number of carbonyl (C=O) groups excluding carboxylic acids is 1. The molecule has 1 aromatic carbocycles. The second-order valence-electron chi connectivity index (χ2n) is 6.13. The molecule has 1 saturated heterocycles. The smallest absolute Gasteiger partial charge is 0.335 e. The summed E-state index contributed by atoms with van der Waals surface area (Å²) in [6.45, 7) is 5.03. The average Bonchev–Trinajstić information content (AvgIpc) is 2.91. The molecule has 0 spiro atoms. The number of carboxylic acids is 1. The topological polar surface area (TPSA) is 97.6 Å². The number of morpholine rings is 1. The van der Waals surface area contributed by atoms with Crippen LogP contribution in [-0.4, -0.2) is 62.4 Å². The first kappa shape index (κ1) is 18.0. The molecule has 9 heteroatoms. The highest BCUT2D eigenvalue weighted by Gasteiger charge is 2.27. The van der Waals surface area contributed by atoms with Crippen molar-refractivity contribution in [3.8, 4) is 0 Å². The third-order valence-corrected chi connectivity index (χ3v) is 4.21. The lowest BCUT2D eigenvalue weighted by Crippen LogP contribution is -2.47. The normalized spacial score (nSPS) is 17.3. The minimum absolute atomic E-state index is 0.150. The van der Waals surface area contributed by atoms with Crippen LogP contribution in [0.3, 0.4) is 0 Å². The number of carboxylic acid groups (broad SMARTS) is 1. The van der Waals surface area contributed by atoms with Gasteiger partial charge in [0.1, 0.15) is 17.5 Å². The lowest BCUT2D eigenvalue weighted by Gasteiger charge is -2.33. The van der Waals surface area contributed by atoms with Gasteiger partial charge in [-0.1, -0.05) is 0 Å². The largest absolute Gasteiger partial charge is 0.478 e. The maximum atomic E-state index is 14.2. The lowest BCUT2D eigenvalue weighted by molar-refractivity contribution is -0.0304. The van der Waals surface area contributed by atoms with E-state index in [1.165, 1.54) is 17.0 Å². The molecule has 1 aliphatic rings. The van der Waals surface area contributed by atoms with Crippen LogP contribution in [0.1, 0.15) is 32.4 Å². The second kappa shape index (κ2) is 7.20. The van der Waals surface area contributed by atoms with Gasteiger partial charge in [0.2, 0.25) is 0 Å². The number of halogens is 1. The van der Waals surface area contributed by atoms with Gasteiger partial charge < -0.3 is 14.7 Å². The van der Waals surface area contributed by atoms with Crippen molar-refractivity contribution in [2.45, 2.75) is 26.5 Å². The Morgan fingerprint density at radius 3 is 2.77 bits per heavy atom. The number of amides is 1. The van der Waals surface area contributed by atoms with Crippen molar-refractivity contribution < 1.29 is 23.8 Å². The molecule has 26 heavy (non-hydrogen) atoms. The summed E-state index contributed by atoms with van der Waals surface area (Å²) in [5, 5.41) is 13.2. The number of aromatic nitrogens is 3. The molecule has 1 N–H and O–H groups in total. The van der Waals surface area contributed by atoms with Gasteiger partial charge in [0.15, 0.2) is 0 Å². The Bertz CT molecular complexity index is 851. The monoisotopic (exact) mass is 362 g/mol. The van der Waals surface area contributed by atoms with Crippen LogP contribution in [0, 0.1) is 19.7 Å². The molecule has 2 aromatic rings. The number of hydrogen-bond acceptors (Lipinski definition) is 5. The van der Waals surface area contributed by atoms with E-state index in [1.54, 1.807) is 11.6 Å². The lowest BCUT2D eigenvalue weighted by atomic mass is 10.1. The quantitative estimate of drug-likeness (QED) is 0.880. The Kier molecular flexibility index (Phi) is 4.99. The minimum Gasteiger partial charge on any atom is -0.478 e. The third-order valence-electron chi connectivity index (χ3n) is 4.21. The molecule has 0 radical (unpaired) electrons. The van der Waals surface area contributed by atoms with Gasteiger partial charge in [-0.05, 0) is 32.0 Å². The van der Waals surface area contributed by atoms with Gasteiger partial charge in [-0.2, -0.15) is 5.10 Å². The number of carbonyl (C=O) groups is 2. The van der Waals surface area contributed by atoms with Crippen LogP contribution in [0.5, 0.6) is 0 Å². The molecular weight excluding hydrogens is 343 g/mol. The van der Waals surface area contributed by atoms with Gasteiger partial charge in [0.25, 0.3) is 5.91 Å². The summed E-state index contributed by atoms with van der Waals surface area (Å²) in [5.41, 5.74) is -0.348. The molecule has 1 aliphatic heterocycles. The Hall–Kier alpha value is -2.81. The zero-order chi connectivity index (χ0) is 18.8. The fraction of sp³-hybridized carbons (Fsp3) is 0.412. The van der Waals surface area contributed by atoms with Crippen molar-refractivity contribution >= 4 is 11.9 Å². The zero-order valence-electron chi connectivity index (χ0n) is 14.5. The molecule has 3 rings (SSSR count). The Balaban J connectivity index is 1.72. The van der Waals surface area contributed by atoms with E-state index < -0.39 is 17.7 Å². The Labute approximate surface area is 149 Å². The van der Waals surface area contributed by atoms with Crippen LogP contribution in [-0.2, 0) is 11.3 Å². The maximum absolute atomic E-state index is 14.2. The highest BCUT2D eigenvalue weighted by atomic mass is 19.1. The van der Waals surface area contributed by atoms with Crippen LogP contribution in [0.2, 0.25) is 0 Å². The molecule has 8 nitrogen and oxygen atoms in total. The van der Waals surface area contributed by atoms with Crippen LogP contribution >= 0.6 is 0 Å². The Morgan fingerprint density at radius 2 is 2.15 bits per heavy atom. The molecule has 1 aromatic heterocycles. The summed E-state index contributed by atoms with van der Waals surface area (Å²) in [7, 11) is 0. The molecule has 0 aliphatic carbocycles. The van der Waals surface area contributed by atoms with Gasteiger partial charge in [0, 0.05) is 13.1 Å². The van der Waals surface area contributed by atoms with Crippen LogP contribution in [0.15, 0.2) is 18.2 Å². The Morgan fingerprint density at radius 1 is 1.38 bits per heavy atom. The fourth-order valence-corrected chi connectivity index (χ4v) is 2.93. The zero-order valence-corrected chi connectivity index (χ0v) is 14.5. The van der Waals surface area contributed by atoms with E-state index >= 15 is 0 Å². The third kappa shape index (κ3) is 3.72. The van der Waals surface area contributed by atoms with Crippen molar-refractivity contribution in [3.63, 3.8) is 0 Å². The van der Waals surface area contributed by atoms with Crippen molar-refractivity contribution in [2.75, 3.05) is 19.7 Å². The second-order valence-corrected chi connectivity index (χ2v) is 6.13. The van der Waals surface area contributed by atoms with Gasteiger partial charge in [-0.15, -0.1) is 0 Å². The average molecular weight is 362 g/mol. The standard InChI is InChI=1S/C17H19FN4O4/c1-10-19-11(2)22(20-10)9-13-8-21(5-6-26-13)16(23)14-4-3-12(17(24)25)7-15(14)18/h3-4,7,13H,5-6,8-9H2,1-2H3,(H,24,25). The van der Waals surface area contributed by atoms with Crippen molar-refractivity contribution in [1.29, 1.82) is 0 Å². The predicted molar refractivity (Wildman–Crippen MR) is 88.5 cm³/mol. The summed E-state index contributed by atoms with van der Waals surface area (Å²) < 4.78 is 21.6. The molecule has 1 unspecified atom stereocenters. The molecule has 138 valence electrons. The number of nitrogens with zero attached hydrogens (tertiary/aromatic N) is 4. The van der Waals surface area contributed by atoms with E-state index in [0.717, 1.165) is 11.9 Å². The van der Waals surface area contributed by atoms with Crippen molar-refractivity contribution in [2.24, 2.45) is 0 Å². The van der Waals surface area contributed by atoms with Gasteiger partial charge in [0.05, 0.1) is 30.4 Å². The number of rotatable bonds is 4. The van der Waals surface area contributed by atoms with E-state index in [0.29, 0.717) is 25.5 Å². The fourth-order valence-electron chi connectivity index (χ4n) is 2.93. The van der Waals surface area contributed by atoms with E-state index in [4.69, 9.17) is 9.84 Å². The predicted octanol–water partition coefficient (Wildman–Crippen LogP) is 1.27. The summed E-state index contributed by atoms with van der Waals surface area (Å²) in [6, 6.07) is 3.28. The molecular formula is C17H19FN4O4. The summed E-state index contributed by atoms with van der Waals surface area (Å²) >= 11 is 0. The van der Waals surface area contributed by atoms with Crippen molar-refractivity contribution in [3.05, 3.63) is 46.8 Å². The first-order valence-corrected chi connectivity index (χ1v) is 8.17. The molecule has 0 bridgehead atoms. The van der Waals surface area contributed by atoms with Gasteiger partial charge >= 0.3 is 5.97 Å². The van der Waals surface area contributed by atoms with Gasteiger partial charge in [-0.25, -0.2) is 18.9 Å². The van der Waals surface area contributed by atoms with Crippen LogP contribution in [0.4, 0.5) is 4.39 Å². The summed E-state index contributed by atoms with van der Waals surface area (Å²) in [6.07, 6.45) is -0.283. The molecule has 1 atom stereocenters. The van der Waals surface area contributed by atoms with E-state index in [2.05, 4.69) is 10.1 Å². The maximum Gasteiger partial charge on any atom is 0.335 e.